The Morgan fingerprint density at radius 2 is 1.77 bits per heavy atom. The Morgan fingerprint density at radius 1 is 1.05 bits per heavy atom. The van der Waals surface area contributed by atoms with Crippen molar-refractivity contribution >= 4 is 5.96 Å². The van der Waals surface area contributed by atoms with E-state index in [1.807, 2.05) is 7.05 Å². The molecule has 0 bridgehead atoms. The van der Waals surface area contributed by atoms with Gasteiger partial charge in [-0.1, -0.05) is 44.2 Å². The van der Waals surface area contributed by atoms with Gasteiger partial charge in [-0.2, -0.15) is 0 Å². The lowest BCUT2D eigenvalue weighted by molar-refractivity contribution is 0.293. The SMILES string of the molecule is CCCN(CC)CCNC(=NC)NCCCc1ccccc1. The van der Waals surface area contributed by atoms with E-state index in [4.69, 9.17) is 0 Å². The number of hydrogen-bond donors (Lipinski definition) is 2. The predicted molar refractivity (Wildman–Crippen MR) is 96.5 cm³/mol. The number of nitrogens with zero attached hydrogens (tertiary/aromatic N) is 2. The molecule has 0 radical (unpaired) electrons. The number of benzene rings is 1. The second kappa shape index (κ2) is 12.0. The Morgan fingerprint density at radius 3 is 2.41 bits per heavy atom. The van der Waals surface area contributed by atoms with Crippen molar-refractivity contribution in [3.05, 3.63) is 35.9 Å². The minimum absolute atomic E-state index is 0.903. The fourth-order valence-corrected chi connectivity index (χ4v) is 2.44. The fourth-order valence-electron chi connectivity index (χ4n) is 2.44. The molecule has 22 heavy (non-hydrogen) atoms. The first-order chi connectivity index (χ1) is 10.8. The summed E-state index contributed by atoms with van der Waals surface area (Å²) in [5.74, 6) is 0.903. The summed E-state index contributed by atoms with van der Waals surface area (Å²) in [7, 11) is 1.83. The minimum Gasteiger partial charge on any atom is -0.356 e. The maximum Gasteiger partial charge on any atom is 0.191 e. The normalized spacial score (nSPS) is 11.7. The number of guanidine groups is 1. The van der Waals surface area contributed by atoms with Gasteiger partial charge in [-0.05, 0) is 37.9 Å². The smallest absolute Gasteiger partial charge is 0.191 e. The highest BCUT2D eigenvalue weighted by molar-refractivity contribution is 5.79. The summed E-state index contributed by atoms with van der Waals surface area (Å²) in [5.41, 5.74) is 1.39. The van der Waals surface area contributed by atoms with Crippen LogP contribution in [0.15, 0.2) is 35.3 Å². The second-order valence-electron chi connectivity index (χ2n) is 5.45. The molecule has 0 fully saturated rings. The van der Waals surface area contributed by atoms with Gasteiger partial charge < -0.3 is 15.5 Å². The Kier molecular flexibility index (Phi) is 10.1. The van der Waals surface area contributed by atoms with Crippen molar-refractivity contribution in [1.29, 1.82) is 0 Å². The van der Waals surface area contributed by atoms with Crippen LogP contribution in [-0.4, -0.2) is 50.6 Å². The fraction of sp³-hybridized carbons (Fsp3) is 0.611. The van der Waals surface area contributed by atoms with Crippen LogP contribution < -0.4 is 10.6 Å². The number of likely N-dealkylation sites (N-methyl/N-ethyl adjacent to an activating group) is 1. The predicted octanol–water partition coefficient (Wildman–Crippen LogP) is 2.52. The van der Waals surface area contributed by atoms with E-state index in [-0.39, 0.29) is 0 Å². The highest BCUT2D eigenvalue weighted by Crippen LogP contribution is 2.01. The third-order valence-corrected chi connectivity index (χ3v) is 3.71. The number of aryl methyl sites for hydroxylation is 1. The lowest BCUT2D eigenvalue weighted by Crippen LogP contribution is -2.42. The molecule has 4 nitrogen and oxygen atoms in total. The van der Waals surface area contributed by atoms with Gasteiger partial charge in [-0.3, -0.25) is 4.99 Å². The first-order valence-corrected chi connectivity index (χ1v) is 8.51. The lowest BCUT2D eigenvalue weighted by atomic mass is 10.1. The Bertz CT molecular complexity index is 403. The summed E-state index contributed by atoms with van der Waals surface area (Å²) in [6.45, 7) is 9.66. The maximum atomic E-state index is 4.28. The summed E-state index contributed by atoms with van der Waals surface area (Å²) >= 11 is 0. The van der Waals surface area contributed by atoms with Gasteiger partial charge in [0.05, 0.1) is 0 Å². The molecule has 0 heterocycles. The van der Waals surface area contributed by atoms with Crippen molar-refractivity contribution in [2.45, 2.75) is 33.1 Å². The Hall–Kier alpha value is -1.55. The topological polar surface area (TPSA) is 39.7 Å². The molecule has 0 spiro atoms. The summed E-state index contributed by atoms with van der Waals surface area (Å²) < 4.78 is 0. The molecular weight excluding hydrogens is 272 g/mol. The van der Waals surface area contributed by atoms with Crippen LogP contribution in [-0.2, 0) is 6.42 Å². The Labute approximate surface area is 136 Å². The van der Waals surface area contributed by atoms with Crippen LogP contribution in [0, 0.1) is 0 Å². The molecule has 4 heteroatoms. The van der Waals surface area contributed by atoms with E-state index in [1.165, 1.54) is 18.5 Å². The van der Waals surface area contributed by atoms with Crippen molar-refractivity contribution in [2.75, 3.05) is 39.8 Å². The summed E-state index contributed by atoms with van der Waals surface area (Å²) in [6.07, 6.45) is 3.42. The van der Waals surface area contributed by atoms with Crippen LogP contribution >= 0.6 is 0 Å². The number of hydrogen-bond acceptors (Lipinski definition) is 2. The molecule has 0 saturated heterocycles. The van der Waals surface area contributed by atoms with E-state index in [2.05, 4.69) is 64.7 Å². The quantitative estimate of drug-likeness (QED) is 0.396. The average molecular weight is 304 g/mol. The molecule has 0 aliphatic rings. The molecule has 0 unspecified atom stereocenters. The minimum atomic E-state index is 0.903. The molecule has 0 saturated carbocycles. The van der Waals surface area contributed by atoms with Gasteiger partial charge in [0.15, 0.2) is 5.96 Å². The molecular formula is C18H32N4. The zero-order valence-electron chi connectivity index (χ0n) is 14.4. The van der Waals surface area contributed by atoms with Crippen molar-refractivity contribution in [3.8, 4) is 0 Å². The molecule has 0 atom stereocenters. The average Bonchev–Trinajstić information content (AvgIpc) is 2.57. The summed E-state index contributed by atoms with van der Waals surface area (Å²) in [6, 6.07) is 10.6. The van der Waals surface area contributed by atoms with Crippen molar-refractivity contribution in [2.24, 2.45) is 4.99 Å². The second-order valence-corrected chi connectivity index (χ2v) is 5.45. The first-order valence-electron chi connectivity index (χ1n) is 8.51. The van der Waals surface area contributed by atoms with E-state index in [0.717, 1.165) is 45.0 Å². The van der Waals surface area contributed by atoms with Crippen molar-refractivity contribution in [1.82, 2.24) is 15.5 Å². The van der Waals surface area contributed by atoms with Crippen LogP contribution in [0.1, 0.15) is 32.3 Å². The van der Waals surface area contributed by atoms with Crippen LogP contribution in [0.3, 0.4) is 0 Å². The van der Waals surface area contributed by atoms with Gasteiger partial charge in [0.25, 0.3) is 0 Å². The van der Waals surface area contributed by atoms with Gasteiger partial charge in [0.2, 0.25) is 0 Å². The van der Waals surface area contributed by atoms with E-state index in [1.54, 1.807) is 0 Å². The summed E-state index contributed by atoms with van der Waals surface area (Å²) in [4.78, 5) is 6.73. The van der Waals surface area contributed by atoms with Crippen LogP contribution in [0.4, 0.5) is 0 Å². The first kappa shape index (κ1) is 18.5. The zero-order valence-corrected chi connectivity index (χ0v) is 14.4. The lowest BCUT2D eigenvalue weighted by Gasteiger charge is -2.20. The molecule has 0 aliphatic carbocycles. The van der Waals surface area contributed by atoms with Gasteiger partial charge in [-0.25, -0.2) is 0 Å². The molecule has 0 aliphatic heterocycles. The van der Waals surface area contributed by atoms with E-state index in [9.17, 15) is 0 Å². The number of nitrogens with one attached hydrogen (secondary N) is 2. The Balaban J connectivity index is 2.14. The third-order valence-electron chi connectivity index (χ3n) is 3.71. The van der Waals surface area contributed by atoms with Crippen molar-refractivity contribution in [3.63, 3.8) is 0 Å². The van der Waals surface area contributed by atoms with Gasteiger partial charge >= 0.3 is 0 Å². The van der Waals surface area contributed by atoms with E-state index in [0.29, 0.717) is 0 Å². The molecule has 1 aromatic carbocycles. The van der Waals surface area contributed by atoms with Crippen molar-refractivity contribution < 1.29 is 0 Å². The standard InChI is InChI=1S/C18H32N4/c1-4-15-22(5-2)16-14-21-18(19-3)20-13-9-12-17-10-7-6-8-11-17/h6-8,10-11H,4-5,9,12-16H2,1-3H3,(H2,19,20,21). The largest absolute Gasteiger partial charge is 0.356 e. The molecule has 0 amide bonds. The van der Waals surface area contributed by atoms with Gasteiger partial charge in [0, 0.05) is 26.7 Å². The van der Waals surface area contributed by atoms with Gasteiger partial charge in [0.1, 0.15) is 0 Å². The van der Waals surface area contributed by atoms with E-state index < -0.39 is 0 Å². The number of aliphatic imine (C=N–C) groups is 1. The molecule has 1 rings (SSSR count). The third kappa shape index (κ3) is 8.03. The molecule has 2 N–H and O–H groups in total. The maximum absolute atomic E-state index is 4.28. The summed E-state index contributed by atoms with van der Waals surface area (Å²) in [5, 5.41) is 6.77. The van der Waals surface area contributed by atoms with Crippen LogP contribution in [0.25, 0.3) is 0 Å². The van der Waals surface area contributed by atoms with Crippen LogP contribution in [0.2, 0.25) is 0 Å². The molecule has 0 aromatic heterocycles. The molecule has 1 aromatic rings. The number of rotatable bonds is 10. The zero-order chi connectivity index (χ0) is 16.0. The molecule has 124 valence electrons. The van der Waals surface area contributed by atoms with Gasteiger partial charge in [-0.15, -0.1) is 0 Å². The monoisotopic (exact) mass is 304 g/mol. The highest BCUT2D eigenvalue weighted by Gasteiger charge is 2.01. The highest BCUT2D eigenvalue weighted by atomic mass is 15.2. The van der Waals surface area contributed by atoms with Crippen LogP contribution in [0.5, 0.6) is 0 Å². The van der Waals surface area contributed by atoms with E-state index >= 15 is 0 Å².